The van der Waals surface area contributed by atoms with E-state index in [2.05, 4.69) is 10.1 Å². The molecule has 1 aromatic carbocycles. The van der Waals surface area contributed by atoms with Crippen LogP contribution in [0.25, 0.3) is 0 Å². The van der Waals surface area contributed by atoms with Crippen molar-refractivity contribution in [3.63, 3.8) is 0 Å². The van der Waals surface area contributed by atoms with E-state index in [4.69, 9.17) is 4.74 Å². The normalized spacial score (nSPS) is 9.67. The van der Waals surface area contributed by atoms with Gasteiger partial charge in [0.15, 0.2) is 5.75 Å². The maximum absolute atomic E-state index is 10.9. The molecular formula is C11H14N2O5. The van der Waals surface area contributed by atoms with Crippen molar-refractivity contribution in [2.24, 2.45) is 0 Å². The van der Waals surface area contributed by atoms with Crippen LogP contribution >= 0.6 is 0 Å². The van der Waals surface area contributed by atoms with Crippen molar-refractivity contribution in [3.8, 4) is 5.75 Å². The third kappa shape index (κ3) is 3.34. The number of carbonyl (C=O) groups is 1. The first-order valence-electron chi connectivity index (χ1n) is 5.22. The Labute approximate surface area is 104 Å². The van der Waals surface area contributed by atoms with Gasteiger partial charge in [0, 0.05) is 6.54 Å². The molecule has 0 aromatic heterocycles. The summed E-state index contributed by atoms with van der Waals surface area (Å²) in [7, 11) is 2.65. The van der Waals surface area contributed by atoms with Crippen LogP contribution in [0, 0.1) is 10.1 Å². The number of carbonyl (C=O) groups excluding carboxylic acids is 1. The second-order valence-corrected chi connectivity index (χ2v) is 3.37. The van der Waals surface area contributed by atoms with Gasteiger partial charge in [0.1, 0.15) is 5.69 Å². The van der Waals surface area contributed by atoms with Crippen molar-refractivity contribution in [2.75, 3.05) is 26.1 Å². The van der Waals surface area contributed by atoms with Crippen LogP contribution in [0.3, 0.4) is 0 Å². The van der Waals surface area contributed by atoms with Crippen molar-refractivity contribution < 1.29 is 19.2 Å². The van der Waals surface area contributed by atoms with Crippen LogP contribution in [0.5, 0.6) is 5.75 Å². The molecule has 7 nitrogen and oxygen atoms in total. The third-order valence-electron chi connectivity index (χ3n) is 2.27. The minimum atomic E-state index is -0.528. The standard InChI is InChI=1S/C11H14N2O5/c1-17-9-5-3-4-8(11(9)13(15)16)12-7-6-10(14)18-2/h3-5,12H,6-7H2,1-2H3. The molecule has 0 unspecified atom stereocenters. The SMILES string of the molecule is COC(=O)CCNc1cccc(OC)c1[N+](=O)[O-]. The molecule has 18 heavy (non-hydrogen) atoms. The molecule has 0 heterocycles. The molecular weight excluding hydrogens is 240 g/mol. The Bertz CT molecular complexity index is 447. The van der Waals surface area contributed by atoms with Gasteiger partial charge in [-0.15, -0.1) is 0 Å². The lowest BCUT2D eigenvalue weighted by Crippen LogP contribution is -2.11. The van der Waals surface area contributed by atoms with Crippen LogP contribution in [0.15, 0.2) is 18.2 Å². The molecule has 7 heteroatoms. The fraction of sp³-hybridized carbons (Fsp3) is 0.364. The van der Waals surface area contributed by atoms with Gasteiger partial charge in [-0.25, -0.2) is 0 Å². The Morgan fingerprint density at radius 3 is 2.72 bits per heavy atom. The Kier molecular flexibility index (Phi) is 4.91. The van der Waals surface area contributed by atoms with Crippen LogP contribution < -0.4 is 10.1 Å². The van der Waals surface area contributed by atoms with Gasteiger partial charge >= 0.3 is 11.7 Å². The molecule has 1 rings (SSSR count). The van der Waals surface area contributed by atoms with Gasteiger partial charge in [0.2, 0.25) is 0 Å². The van der Waals surface area contributed by atoms with E-state index in [1.807, 2.05) is 0 Å². The Balaban J connectivity index is 2.82. The van der Waals surface area contributed by atoms with Gasteiger partial charge in [-0.1, -0.05) is 6.07 Å². The smallest absolute Gasteiger partial charge is 0.333 e. The van der Waals surface area contributed by atoms with E-state index < -0.39 is 4.92 Å². The van der Waals surface area contributed by atoms with Gasteiger partial charge in [0.05, 0.1) is 25.6 Å². The Morgan fingerprint density at radius 1 is 1.44 bits per heavy atom. The summed E-state index contributed by atoms with van der Waals surface area (Å²) < 4.78 is 9.40. The highest BCUT2D eigenvalue weighted by Crippen LogP contribution is 2.34. The molecule has 0 bridgehead atoms. The molecule has 98 valence electrons. The molecule has 0 spiro atoms. The number of para-hydroxylation sites is 1. The summed E-state index contributed by atoms with van der Waals surface area (Å²) in [5, 5.41) is 13.8. The monoisotopic (exact) mass is 254 g/mol. The quantitative estimate of drug-likeness (QED) is 0.471. The highest BCUT2D eigenvalue weighted by Gasteiger charge is 2.20. The Hall–Kier alpha value is -2.31. The van der Waals surface area contributed by atoms with Gasteiger partial charge in [-0.2, -0.15) is 0 Å². The lowest BCUT2D eigenvalue weighted by molar-refractivity contribution is -0.384. The molecule has 0 amide bonds. The topological polar surface area (TPSA) is 90.7 Å². The largest absolute Gasteiger partial charge is 0.490 e. The number of nitro benzene ring substituents is 1. The second kappa shape index (κ2) is 6.43. The van der Waals surface area contributed by atoms with Crippen LogP contribution in [0.1, 0.15) is 6.42 Å². The fourth-order valence-corrected chi connectivity index (χ4v) is 1.42. The average molecular weight is 254 g/mol. The first-order chi connectivity index (χ1) is 8.60. The zero-order valence-electron chi connectivity index (χ0n) is 10.1. The number of nitro groups is 1. The maximum Gasteiger partial charge on any atom is 0.333 e. The van der Waals surface area contributed by atoms with E-state index in [9.17, 15) is 14.9 Å². The summed E-state index contributed by atoms with van der Waals surface area (Å²) in [6.07, 6.45) is 0.130. The molecule has 0 saturated heterocycles. The van der Waals surface area contributed by atoms with Crippen molar-refractivity contribution in [1.29, 1.82) is 0 Å². The van der Waals surface area contributed by atoms with Crippen LogP contribution in [0.4, 0.5) is 11.4 Å². The van der Waals surface area contributed by atoms with E-state index in [0.29, 0.717) is 5.69 Å². The van der Waals surface area contributed by atoms with Gasteiger partial charge in [-0.3, -0.25) is 14.9 Å². The molecule has 0 saturated carbocycles. The lowest BCUT2D eigenvalue weighted by Gasteiger charge is -2.08. The summed E-state index contributed by atoms with van der Waals surface area (Å²) in [6.45, 7) is 0.251. The third-order valence-corrected chi connectivity index (χ3v) is 2.27. The number of esters is 1. The van der Waals surface area contributed by atoms with Crippen molar-refractivity contribution in [2.45, 2.75) is 6.42 Å². The van der Waals surface area contributed by atoms with Crippen molar-refractivity contribution in [3.05, 3.63) is 28.3 Å². The predicted octanol–water partition coefficient (Wildman–Crippen LogP) is 1.58. The Morgan fingerprint density at radius 2 is 2.17 bits per heavy atom. The number of anilines is 1. The molecule has 0 atom stereocenters. The number of nitrogens with zero attached hydrogens (tertiary/aromatic N) is 1. The number of hydrogen-bond donors (Lipinski definition) is 1. The zero-order valence-corrected chi connectivity index (χ0v) is 10.1. The molecule has 0 radical (unpaired) electrons. The number of nitrogens with one attached hydrogen (secondary N) is 1. The highest BCUT2D eigenvalue weighted by molar-refractivity contribution is 5.71. The van der Waals surface area contributed by atoms with Crippen LogP contribution in [-0.2, 0) is 9.53 Å². The van der Waals surface area contributed by atoms with Gasteiger partial charge in [0.25, 0.3) is 0 Å². The number of benzene rings is 1. The zero-order chi connectivity index (χ0) is 13.5. The van der Waals surface area contributed by atoms with E-state index in [1.54, 1.807) is 12.1 Å². The fourth-order valence-electron chi connectivity index (χ4n) is 1.42. The molecule has 0 aliphatic heterocycles. The highest BCUT2D eigenvalue weighted by atomic mass is 16.6. The lowest BCUT2D eigenvalue weighted by atomic mass is 10.2. The first-order valence-corrected chi connectivity index (χ1v) is 5.22. The summed E-state index contributed by atoms with van der Waals surface area (Å²) in [6, 6.07) is 4.69. The van der Waals surface area contributed by atoms with Gasteiger partial charge < -0.3 is 14.8 Å². The van der Waals surface area contributed by atoms with Crippen molar-refractivity contribution in [1.82, 2.24) is 0 Å². The molecule has 0 aliphatic carbocycles. The summed E-state index contributed by atoms with van der Waals surface area (Å²) in [5.41, 5.74) is 0.160. The van der Waals surface area contributed by atoms with E-state index in [1.165, 1.54) is 20.3 Å². The molecule has 0 fully saturated rings. The number of ether oxygens (including phenoxy) is 2. The summed E-state index contributed by atoms with van der Waals surface area (Å²) in [4.78, 5) is 21.3. The van der Waals surface area contributed by atoms with Crippen LogP contribution in [0.2, 0.25) is 0 Å². The molecule has 0 aliphatic rings. The van der Waals surface area contributed by atoms with Crippen molar-refractivity contribution >= 4 is 17.3 Å². The second-order valence-electron chi connectivity index (χ2n) is 3.37. The minimum Gasteiger partial charge on any atom is -0.490 e. The van der Waals surface area contributed by atoms with Crippen LogP contribution in [-0.4, -0.2) is 31.7 Å². The van der Waals surface area contributed by atoms with Gasteiger partial charge in [-0.05, 0) is 12.1 Å². The van der Waals surface area contributed by atoms with E-state index >= 15 is 0 Å². The molecule has 1 aromatic rings. The minimum absolute atomic E-state index is 0.130. The summed E-state index contributed by atoms with van der Waals surface area (Å²) in [5.74, 6) is -0.212. The predicted molar refractivity (Wildman–Crippen MR) is 64.8 cm³/mol. The summed E-state index contributed by atoms with van der Waals surface area (Å²) >= 11 is 0. The molecule has 1 N–H and O–H groups in total. The average Bonchev–Trinajstić information content (AvgIpc) is 2.37. The first kappa shape index (κ1) is 13.8. The number of rotatable bonds is 6. The number of methoxy groups -OCH3 is 2. The number of hydrogen-bond acceptors (Lipinski definition) is 6. The van der Waals surface area contributed by atoms with E-state index in [0.717, 1.165) is 0 Å². The van der Waals surface area contributed by atoms with E-state index in [-0.39, 0.29) is 30.4 Å². The maximum atomic E-state index is 10.9.